The van der Waals surface area contributed by atoms with Gasteiger partial charge in [-0.05, 0) is 68.5 Å². The molecule has 53 heavy (non-hydrogen) atoms. The molecule has 0 bridgehead atoms. The summed E-state index contributed by atoms with van der Waals surface area (Å²) in [5.41, 5.74) is 5.06. The van der Waals surface area contributed by atoms with Crippen LogP contribution in [0.25, 0.3) is 10.8 Å². The Bertz CT molecular complexity index is 2220. The third-order valence-electron chi connectivity index (χ3n) is 9.67. The summed E-state index contributed by atoms with van der Waals surface area (Å²) in [6.45, 7) is 10.8. The average Bonchev–Trinajstić information content (AvgIpc) is 3.43. The van der Waals surface area contributed by atoms with Gasteiger partial charge in [-0.3, -0.25) is 14.1 Å². The summed E-state index contributed by atoms with van der Waals surface area (Å²) in [6.07, 6.45) is 12.1. The van der Waals surface area contributed by atoms with Crippen LogP contribution in [0.2, 0.25) is 0 Å². The maximum atomic E-state index is 12.7. The summed E-state index contributed by atoms with van der Waals surface area (Å²) in [5.74, 6) is -1.81. The number of para-hydroxylation sites is 1. The molecule has 0 aliphatic carbocycles. The molecule has 2 heterocycles. The molecule has 14 heteroatoms. The molecule has 5 rings (SSSR count). The molecular weight excluding hydrogens is 721 g/mol. The molecule has 0 saturated heterocycles. The number of benzene rings is 3. The molecule has 12 nitrogen and oxygen atoms in total. The molecular formula is C39H43N2O10S2+. The average molecular weight is 764 g/mol. The van der Waals surface area contributed by atoms with Crippen LogP contribution in [0.1, 0.15) is 65.0 Å². The van der Waals surface area contributed by atoms with Gasteiger partial charge < -0.3 is 15.1 Å². The molecule has 4 N–H and O–H groups in total. The summed E-state index contributed by atoms with van der Waals surface area (Å²) in [5, 5.41) is 31.8. The fraction of sp³-hybridized carbons (Fsp3) is 0.308. The summed E-state index contributed by atoms with van der Waals surface area (Å²) < 4.78 is 42.2. The number of fused-ring (bicyclic) bond motifs is 4. The van der Waals surface area contributed by atoms with Crippen LogP contribution in [0.3, 0.4) is 0 Å². The third kappa shape index (κ3) is 8.33. The highest BCUT2D eigenvalue weighted by Crippen LogP contribution is 2.48. The number of rotatable bonds is 15. The molecule has 3 aromatic carbocycles. The van der Waals surface area contributed by atoms with Gasteiger partial charge in [0, 0.05) is 57.8 Å². The largest absolute Gasteiger partial charge is 0.481 e. The van der Waals surface area contributed by atoms with Crippen molar-refractivity contribution in [2.75, 3.05) is 18.0 Å². The van der Waals surface area contributed by atoms with Crippen LogP contribution >= 0.6 is 12.0 Å². The van der Waals surface area contributed by atoms with Crippen LogP contribution in [0.15, 0.2) is 106 Å². The first kappa shape index (κ1) is 39.6. The Balaban J connectivity index is 1.49. The van der Waals surface area contributed by atoms with E-state index in [4.69, 9.17) is 5.26 Å². The lowest BCUT2D eigenvalue weighted by atomic mass is 9.79. The predicted molar refractivity (Wildman–Crippen MR) is 203 cm³/mol. The van der Waals surface area contributed by atoms with Crippen molar-refractivity contribution in [2.45, 2.75) is 74.5 Å². The molecule has 0 atom stereocenters. The summed E-state index contributed by atoms with van der Waals surface area (Å²) in [7, 11) is -4.75. The van der Waals surface area contributed by atoms with Gasteiger partial charge in [0.2, 0.25) is 5.69 Å². The number of carbonyl (C=O) groups is 2. The summed E-state index contributed by atoms with van der Waals surface area (Å²) >= 11 is 0.561. The quantitative estimate of drug-likeness (QED) is 0.0294. The van der Waals surface area contributed by atoms with Crippen LogP contribution in [0.5, 0.6) is 0 Å². The lowest BCUT2D eigenvalue weighted by molar-refractivity contribution is -0.436. The number of carboxylic acids is 2. The lowest BCUT2D eigenvalue weighted by Crippen LogP contribution is -2.28. The van der Waals surface area contributed by atoms with Crippen molar-refractivity contribution in [3.05, 3.63) is 107 Å². The molecule has 2 aliphatic heterocycles. The minimum atomic E-state index is -4.75. The second-order valence-electron chi connectivity index (χ2n) is 14.0. The zero-order valence-corrected chi connectivity index (χ0v) is 31.7. The Morgan fingerprint density at radius 1 is 0.981 bits per heavy atom. The van der Waals surface area contributed by atoms with Gasteiger partial charge in [-0.2, -0.15) is 13.0 Å². The summed E-state index contributed by atoms with van der Waals surface area (Å²) in [4.78, 5) is 25.0. The fourth-order valence-corrected chi connectivity index (χ4v) is 8.58. The summed E-state index contributed by atoms with van der Waals surface area (Å²) in [6, 6.07) is 14.5. The van der Waals surface area contributed by atoms with E-state index in [2.05, 4.69) is 46.3 Å². The fourth-order valence-electron chi connectivity index (χ4n) is 7.30. The van der Waals surface area contributed by atoms with Crippen LogP contribution in [-0.4, -0.2) is 63.8 Å². The molecule has 0 aromatic heterocycles. The van der Waals surface area contributed by atoms with Gasteiger partial charge in [-0.15, -0.1) is 4.33 Å². The van der Waals surface area contributed by atoms with Crippen molar-refractivity contribution in [1.82, 2.24) is 0 Å². The Hall–Kier alpha value is -4.57. The standard InChI is InChI=1S/C39H42N2O10S2/c1-25(11-8-15-32-38(2,3)28-13-6-7-14-29(28)40(32)21-10-17-34(42)43)12-9-16-33-39(4,5)37-30(41(33)22-20-35(44)45)19-18-26-23-27(52-51-50-46)24-31(36(26)37)53(47,48)49/h6-9,11-16,18-19,23-24H,10,17,20-22H2,1-5H3,(H3-,42,43,44,45,46,47,48,49)/p+1. The second kappa shape index (κ2) is 15.8. The van der Waals surface area contributed by atoms with E-state index in [0.717, 1.165) is 22.7 Å². The first-order valence-electron chi connectivity index (χ1n) is 16.9. The van der Waals surface area contributed by atoms with Gasteiger partial charge in [0.1, 0.15) is 11.3 Å². The Labute approximate surface area is 312 Å². The van der Waals surface area contributed by atoms with Gasteiger partial charge in [0.25, 0.3) is 10.1 Å². The van der Waals surface area contributed by atoms with E-state index in [9.17, 15) is 32.8 Å². The maximum absolute atomic E-state index is 12.7. The Morgan fingerprint density at radius 3 is 2.38 bits per heavy atom. The van der Waals surface area contributed by atoms with E-state index in [1.807, 2.05) is 67.9 Å². The van der Waals surface area contributed by atoms with Crippen molar-refractivity contribution >= 4 is 62.0 Å². The molecule has 0 unspecified atom stereocenters. The first-order chi connectivity index (χ1) is 25.0. The number of hydrogen-bond acceptors (Lipinski definition) is 9. The first-order valence-corrected chi connectivity index (χ1v) is 19.1. The van der Waals surface area contributed by atoms with E-state index < -0.39 is 27.5 Å². The molecule has 0 spiro atoms. The van der Waals surface area contributed by atoms with Gasteiger partial charge in [-0.25, -0.2) is 5.26 Å². The van der Waals surface area contributed by atoms with Crippen LogP contribution in [-0.2, 0) is 39.9 Å². The third-order valence-corrected chi connectivity index (χ3v) is 11.1. The highest BCUT2D eigenvalue weighted by molar-refractivity contribution is 7.94. The Morgan fingerprint density at radius 2 is 1.70 bits per heavy atom. The molecule has 2 aliphatic rings. The van der Waals surface area contributed by atoms with E-state index in [-0.39, 0.29) is 40.0 Å². The van der Waals surface area contributed by atoms with Crippen molar-refractivity contribution in [3.63, 3.8) is 0 Å². The number of carboxylic acid groups (broad SMARTS) is 2. The highest BCUT2D eigenvalue weighted by Gasteiger charge is 2.47. The minimum Gasteiger partial charge on any atom is -0.481 e. The van der Waals surface area contributed by atoms with Crippen LogP contribution in [0, 0.1) is 0 Å². The molecule has 0 radical (unpaired) electrons. The van der Waals surface area contributed by atoms with Crippen molar-refractivity contribution in [2.24, 2.45) is 0 Å². The van der Waals surface area contributed by atoms with Crippen LogP contribution in [0.4, 0.5) is 11.4 Å². The van der Waals surface area contributed by atoms with Gasteiger partial charge in [-0.1, -0.05) is 67.0 Å². The minimum absolute atomic E-state index is 0.0831. The molecule has 0 saturated carbocycles. The number of allylic oxidation sites excluding steroid dienone is 8. The van der Waals surface area contributed by atoms with E-state index >= 15 is 0 Å². The van der Waals surface area contributed by atoms with Crippen molar-refractivity contribution in [3.8, 4) is 0 Å². The number of hydrogen-bond donors (Lipinski definition) is 4. The molecule has 3 aromatic rings. The van der Waals surface area contributed by atoms with Gasteiger partial charge >= 0.3 is 11.9 Å². The zero-order chi connectivity index (χ0) is 38.7. The number of aliphatic carboxylic acids is 2. The van der Waals surface area contributed by atoms with Gasteiger partial charge in [0.15, 0.2) is 12.3 Å². The van der Waals surface area contributed by atoms with E-state index in [0.29, 0.717) is 41.6 Å². The SMILES string of the molecule is CC(/C=C/C=C1/N(CCCC(=O)O)c2ccccc2C1(C)C)=C\C=C\C1=[N+](CCC(=O)O)c2ccc3cc(SOOO)cc(S(=O)(=O)O)c3c2C1(C)C. The highest BCUT2D eigenvalue weighted by atomic mass is 32.2. The number of anilines is 1. The normalized spacial score (nSPS) is 17.5. The lowest BCUT2D eigenvalue weighted by Gasteiger charge is -2.27. The van der Waals surface area contributed by atoms with E-state index in [1.54, 1.807) is 18.2 Å². The topological polar surface area (TPSA) is 174 Å². The smallest absolute Gasteiger partial charge is 0.309 e. The van der Waals surface area contributed by atoms with Crippen molar-refractivity contribution in [1.29, 1.82) is 0 Å². The molecule has 0 amide bonds. The molecule has 280 valence electrons. The molecule has 0 fully saturated rings. The van der Waals surface area contributed by atoms with E-state index in [1.165, 1.54) is 11.6 Å². The van der Waals surface area contributed by atoms with Crippen LogP contribution < -0.4 is 4.90 Å². The zero-order valence-electron chi connectivity index (χ0n) is 30.1. The van der Waals surface area contributed by atoms with Gasteiger partial charge in [0.05, 0.1) is 17.5 Å². The number of nitrogens with zero attached hydrogens (tertiary/aromatic N) is 2. The predicted octanol–water partition coefficient (Wildman–Crippen LogP) is 7.97. The second-order valence-corrected chi connectivity index (χ2v) is 16.1. The Kier molecular flexibility index (Phi) is 11.8. The maximum Gasteiger partial charge on any atom is 0.309 e. The monoisotopic (exact) mass is 763 g/mol. The van der Waals surface area contributed by atoms with Crippen molar-refractivity contribution < 1.29 is 52.0 Å².